The number of aryl methyl sites for hydroxylation is 2. The normalized spacial score (nSPS) is 14.0. The lowest BCUT2D eigenvalue weighted by Gasteiger charge is -2.26. The van der Waals surface area contributed by atoms with E-state index in [1.165, 1.54) is 0 Å². The molecule has 0 unspecified atom stereocenters. The largest absolute Gasteiger partial charge is 0.493 e. The van der Waals surface area contributed by atoms with E-state index in [2.05, 4.69) is 31.6 Å². The lowest BCUT2D eigenvalue weighted by Crippen LogP contribution is -2.47. The molecule has 1 aromatic carbocycles. The molecule has 0 saturated carbocycles. The Morgan fingerprint density at radius 1 is 1.32 bits per heavy atom. The molecular formula is C21H24ClN7O2. The lowest BCUT2D eigenvalue weighted by molar-refractivity contribution is -0.124. The summed E-state index contributed by atoms with van der Waals surface area (Å²) in [5.41, 5.74) is 4.13. The molecule has 162 valence electrons. The van der Waals surface area contributed by atoms with Crippen molar-refractivity contribution in [3.63, 3.8) is 0 Å². The second kappa shape index (κ2) is 9.73. The smallest absolute Gasteiger partial charge is 0.234 e. The fourth-order valence-electron chi connectivity index (χ4n) is 3.58. The number of halogens is 1. The summed E-state index contributed by atoms with van der Waals surface area (Å²) in [6.45, 7) is 5.47. The van der Waals surface area contributed by atoms with E-state index in [0.29, 0.717) is 30.9 Å². The van der Waals surface area contributed by atoms with Gasteiger partial charge in [-0.25, -0.2) is 9.67 Å². The van der Waals surface area contributed by atoms with Crippen LogP contribution in [0.2, 0.25) is 0 Å². The van der Waals surface area contributed by atoms with Crippen LogP contribution in [0.3, 0.4) is 0 Å². The third kappa shape index (κ3) is 4.93. The van der Waals surface area contributed by atoms with Crippen molar-refractivity contribution in [3.05, 3.63) is 35.5 Å². The lowest BCUT2D eigenvalue weighted by atomic mass is 10.1. The minimum Gasteiger partial charge on any atom is -0.493 e. The van der Waals surface area contributed by atoms with Gasteiger partial charge in [0.25, 0.3) is 0 Å². The molecule has 1 fully saturated rings. The van der Waals surface area contributed by atoms with Crippen molar-refractivity contribution in [1.29, 1.82) is 5.26 Å². The number of pyridine rings is 1. The standard InChI is InChI=1S/C21H23N7O2.ClH/c1-14-10-15(16-11-18-21(17(12-22)24-16)25-26-27(18)2)4-5-19(14)30-9-3-7-28-8-6-23-20(29)13-28;/h4-5,10-11H,3,6-9,13H2,1-2H3,(H,23,29);1H. The summed E-state index contributed by atoms with van der Waals surface area (Å²) < 4.78 is 7.58. The van der Waals surface area contributed by atoms with Gasteiger partial charge in [-0.05, 0) is 43.2 Å². The number of nitrogens with zero attached hydrogens (tertiary/aromatic N) is 6. The number of fused-ring (bicyclic) bond motifs is 1. The number of hydrogen-bond donors (Lipinski definition) is 1. The van der Waals surface area contributed by atoms with E-state index >= 15 is 0 Å². The van der Waals surface area contributed by atoms with Gasteiger partial charge in [-0.1, -0.05) is 5.21 Å². The predicted molar refractivity (Wildman–Crippen MR) is 118 cm³/mol. The molecular weight excluding hydrogens is 418 g/mol. The number of hydrogen-bond acceptors (Lipinski definition) is 7. The molecule has 2 aromatic heterocycles. The first kappa shape index (κ1) is 22.5. The van der Waals surface area contributed by atoms with Crippen LogP contribution in [0, 0.1) is 18.3 Å². The van der Waals surface area contributed by atoms with Crippen molar-refractivity contribution >= 4 is 29.3 Å². The van der Waals surface area contributed by atoms with Gasteiger partial charge in [0.2, 0.25) is 5.91 Å². The number of nitriles is 1. The maximum absolute atomic E-state index is 11.4. The Morgan fingerprint density at radius 3 is 2.90 bits per heavy atom. The number of amides is 1. The third-order valence-electron chi connectivity index (χ3n) is 5.17. The Kier molecular flexibility index (Phi) is 7.05. The zero-order chi connectivity index (χ0) is 21.1. The molecule has 0 aliphatic carbocycles. The number of carbonyl (C=O) groups excluding carboxylic acids is 1. The van der Waals surface area contributed by atoms with Gasteiger partial charge >= 0.3 is 0 Å². The monoisotopic (exact) mass is 441 g/mol. The highest BCUT2D eigenvalue weighted by atomic mass is 35.5. The molecule has 9 nitrogen and oxygen atoms in total. The van der Waals surface area contributed by atoms with Crippen LogP contribution in [0.5, 0.6) is 5.75 Å². The molecule has 0 bridgehead atoms. The second-order valence-electron chi connectivity index (χ2n) is 7.36. The Morgan fingerprint density at radius 2 is 2.16 bits per heavy atom. The molecule has 10 heteroatoms. The van der Waals surface area contributed by atoms with Crippen LogP contribution in [0.1, 0.15) is 17.7 Å². The maximum Gasteiger partial charge on any atom is 0.234 e. The van der Waals surface area contributed by atoms with Crippen LogP contribution in [-0.4, -0.2) is 63.6 Å². The van der Waals surface area contributed by atoms with E-state index in [1.807, 2.05) is 31.2 Å². The number of nitrogens with one attached hydrogen (secondary N) is 1. The minimum absolute atomic E-state index is 0. The SMILES string of the molecule is Cc1cc(-c2cc3c(nnn3C)c(C#N)n2)ccc1OCCCN1CCNC(=O)C1.Cl. The van der Waals surface area contributed by atoms with Crippen molar-refractivity contribution in [1.82, 2.24) is 30.2 Å². The van der Waals surface area contributed by atoms with Crippen molar-refractivity contribution in [3.8, 4) is 23.1 Å². The predicted octanol–water partition coefficient (Wildman–Crippen LogP) is 1.83. The molecule has 0 radical (unpaired) electrons. The topological polar surface area (TPSA) is 109 Å². The molecule has 1 saturated heterocycles. The quantitative estimate of drug-likeness (QED) is 0.581. The first-order valence-electron chi connectivity index (χ1n) is 9.88. The van der Waals surface area contributed by atoms with Crippen LogP contribution >= 0.6 is 12.4 Å². The fraction of sp³-hybridized carbons (Fsp3) is 0.381. The highest BCUT2D eigenvalue weighted by Gasteiger charge is 2.16. The van der Waals surface area contributed by atoms with Gasteiger partial charge in [-0.15, -0.1) is 17.5 Å². The Hall–Kier alpha value is -3.22. The molecule has 31 heavy (non-hydrogen) atoms. The molecule has 1 aliphatic heterocycles. The van der Waals surface area contributed by atoms with Crippen LogP contribution < -0.4 is 10.1 Å². The van der Waals surface area contributed by atoms with E-state index in [1.54, 1.807) is 11.7 Å². The van der Waals surface area contributed by atoms with Crippen molar-refractivity contribution in [2.24, 2.45) is 7.05 Å². The first-order chi connectivity index (χ1) is 14.5. The van der Waals surface area contributed by atoms with Gasteiger partial charge < -0.3 is 10.1 Å². The van der Waals surface area contributed by atoms with Crippen LogP contribution in [0.15, 0.2) is 24.3 Å². The molecule has 0 spiro atoms. The van der Waals surface area contributed by atoms with Crippen LogP contribution in [0.4, 0.5) is 0 Å². The van der Waals surface area contributed by atoms with Gasteiger partial charge in [-0.3, -0.25) is 9.69 Å². The van der Waals surface area contributed by atoms with Gasteiger partial charge in [-0.2, -0.15) is 5.26 Å². The van der Waals surface area contributed by atoms with Gasteiger partial charge in [0.05, 0.1) is 24.4 Å². The molecule has 4 rings (SSSR count). The average Bonchev–Trinajstić information content (AvgIpc) is 3.12. The van der Waals surface area contributed by atoms with Crippen LogP contribution in [0.25, 0.3) is 22.3 Å². The average molecular weight is 442 g/mol. The van der Waals surface area contributed by atoms with Crippen molar-refractivity contribution in [2.75, 3.05) is 32.8 Å². The summed E-state index contributed by atoms with van der Waals surface area (Å²) in [4.78, 5) is 18.0. The molecule has 3 heterocycles. The van der Waals surface area contributed by atoms with E-state index in [-0.39, 0.29) is 24.0 Å². The van der Waals surface area contributed by atoms with Crippen molar-refractivity contribution < 1.29 is 9.53 Å². The first-order valence-corrected chi connectivity index (χ1v) is 9.88. The highest BCUT2D eigenvalue weighted by Crippen LogP contribution is 2.27. The molecule has 3 aromatic rings. The van der Waals surface area contributed by atoms with E-state index in [9.17, 15) is 10.1 Å². The summed E-state index contributed by atoms with van der Waals surface area (Å²) in [5.74, 6) is 0.904. The number of benzene rings is 1. The summed E-state index contributed by atoms with van der Waals surface area (Å²) in [6.07, 6.45) is 0.853. The van der Waals surface area contributed by atoms with Crippen molar-refractivity contribution in [2.45, 2.75) is 13.3 Å². The minimum atomic E-state index is 0. The van der Waals surface area contributed by atoms with Gasteiger partial charge in [0, 0.05) is 32.2 Å². The van der Waals surface area contributed by atoms with E-state index < -0.39 is 0 Å². The van der Waals surface area contributed by atoms with Gasteiger partial charge in [0.1, 0.15) is 17.3 Å². The van der Waals surface area contributed by atoms with Crippen LogP contribution in [-0.2, 0) is 11.8 Å². The zero-order valence-electron chi connectivity index (χ0n) is 17.5. The fourth-order valence-corrected chi connectivity index (χ4v) is 3.58. The number of piperazine rings is 1. The highest BCUT2D eigenvalue weighted by molar-refractivity contribution is 5.85. The summed E-state index contributed by atoms with van der Waals surface area (Å²) in [6, 6.07) is 9.87. The Balaban J connectivity index is 0.00000272. The summed E-state index contributed by atoms with van der Waals surface area (Å²) in [7, 11) is 1.79. The Labute approximate surface area is 186 Å². The number of aromatic nitrogens is 4. The summed E-state index contributed by atoms with van der Waals surface area (Å²) >= 11 is 0. The van der Waals surface area contributed by atoms with E-state index in [0.717, 1.165) is 41.9 Å². The molecule has 1 amide bonds. The number of carbonyl (C=O) groups is 1. The third-order valence-corrected chi connectivity index (χ3v) is 5.17. The maximum atomic E-state index is 11.4. The molecule has 1 aliphatic rings. The molecule has 0 atom stereocenters. The molecule has 1 N–H and O–H groups in total. The summed E-state index contributed by atoms with van der Waals surface area (Å²) in [5, 5.41) is 20.2. The van der Waals surface area contributed by atoms with E-state index in [4.69, 9.17) is 4.74 Å². The van der Waals surface area contributed by atoms with Gasteiger partial charge in [0.15, 0.2) is 5.69 Å². The number of rotatable bonds is 6. The Bertz CT molecular complexity index is 1140. The number of ether oxygens (including phenoxy) is 1. The second-order valence-corrected chi connectivity index (χ2v) is 7.36. The zero-order valence-corrected chi connectivity index (χ0v) is 18.3.